The first-order valence-electron chi connectivity index (χ1n) is 18.9. The zero-order valence-electron chi connectivity index (χ0n) is 31.0. The van der Waals surface area contributed by atoms with Crippen molar-refractivity contribution in [1.82, 2.24) is 0 Å². The van der Waals surface area contributed by atoms with E-state index in [0.717, 1.165) is 89.9 Å². The summed E-state index contributed by atoms with van der Waals surface area (Å²) < 4.78 is 16.5. The summed E-state index contributed by atoms with van der Waals surface area (Å²) in [4.78, 5) is 39.9. The Morgan fingerprint density at radius 3 is 1.21 bits per heavy atom. The first-order chi connectivity index (χ1) is 22.5. The molecule has 0 rings (SSSR count). The molecule has 6 nitrogen and oxygen atoms in total. The third-order valence-corrected chi connectivity index (χ3v) is 24.8. The maximum atomic E-state index is 13.7. The van der Waals surface area contributed by atoms with Gasteiger partial charge in [-0.1, -0.05) is 0 Å². The molecule has 47 heavy (non-hydrogen) atoms. The molecule has 0 bridgehead atoms. The molecule has 277 valence electrons. The van der Waals surface area contributed by atoms with Crippen LogP contribution in [0.25, 0.3) is 0 Å². The average molecular weight is 827 g/mol. The summed E-state index contributed by atoms with van der Waals surface area (Å²) in [6.45, 7) is 16.3. The number of carbonyl (C=O) groups excluding carboxylic acids is 3. The fraction of sp³-hybridized carbons (Fsp3) is 0.919. The standard InChI is InChI=1S/C15H29O2S.2C11H21O2S.Sn/c1-4-7-9-13(6-3)11-17-15(16)14(12-18)10-8-5-2;2*1-3-5-6-10(4-2)9-13-11(12)7-8-14;/h12-14,18H,4-11H2,1-3H3;2*8,10,14H,3-7,9H2,1-2H3;. The van der Waals surface area contributed by atoms with Crippen LogP contribution in [0.5, 0.6) is 0 Å². The van der Waals surface area contributed by atoms with Crippen molar-refractivity contribution in [3.63, 3.8) is 0 Å². The second kappa shape index (κ2) is 29.9. The number of unbranched alkanes of at least 4 members (excludes halogenated alkanes) is 4. The second-order valence-electron chi connectivity index (χ2n) is 13.4. The van der Waals surface area contributed by atoms with Crippen molar-refractivity contribution in [2.75, 3.05) is 19.8 Å². The normalized spacial score (nSPS) is 16.1. The van der Waals surface area contributed by atoms with Gasteiger partial charge in [0, 0.05) is 0 Å². The summed E-state index contributed by atoms with van der Waals surface area (Å²) in [5.41, 5.74) is 0. The van der Waals surface area contributed by atoms with Gasteiger partial charge in [-0.15, -0.1) is 0 Å². The molecule has 0 spiro atoms. The monoisotopic (exact) mass is 827 g/mol. The van der Waals surface area contributed by atoms with Crippen LogP contribution in [0.1, 0.15) is 158 Å². The van der Waals surface area contributed by atoms with E-state index in [2.05, 4.69) is 48.5 Å². The summed E-state index contributed by atoms with van der Waals surface area (Å²) in [6, 6.07) is 0. The van der Waals surface area contributed by atoms with Gasteiger partial charge in [0.15, 0.2) is 0 Å². The third-order valence-electron chi connectivity index (χ3n) is 9.43. The van der Waals surface area contributed by atoms with Crippen LogP contribution < -0.4 is 0 Å². The summed E-state index contributed by atoms with van der Waals surface area (Å²) in [5.74, 6) is -0.165. The van der Waals surface area contributed by atoms with Crippen LogP contribution in [0.4, 0.5) is 0 Å². The van der Waals surface area contributed by atoms with E-state index in [9.17, 15) is 14.4 Å². The Labute approximate surface area is 313 Å². The van der Waals surface area contributed by atoms with Gasteiger partial charge in [0.1, 0.15) is 0 Å². The Morgan fingerprint density at radius 2 is 0.872 bits per heavy atom. The molecule has 0 aliphatic heterocycles. The number of esters is 3. The molecule has 0 saturated heterocycles. The molecule has 0 aliphatic carbocycles. The second-order valence-corrected chi connectivity index (χ2v) is 28.0. The predicted molar refractivity (Wildman–Crippen MR) is 209 cm³/mol. The van der Waals surface area contributed by atoms with Crippen molar-refractivity contribution in [2.45, 2.75) is 167 Å². The molecule has 0 aromatic carbocycles. The van der Waals surface area contributed by atoms with Crippen molar-refractivity contribution in [1.29, 1.82) is 0 Å². The predicted octanol–water partition coefficient (Wildman–Crippen LogP) is 9.86. The number of ether oxygens (including phenoxy) is 3. The van der Waals surface area contributed by atoms with E-state index in [4.69, 9.17) is 52.1 Å². The number of hydrogen-bond donors (Lipinski definition) is 3. The molecule has 0 heterocycles. The fourth-order valence-corrected chi connectivity index (χ4v) is 23.7. The van der Waals surface area contributed by atoms with Gasteiger partial charge in [0.2, 0.25) is 0 Å². The van der Waals surface area contributed by atoms with E-state index in [1.54, 1.807) is 0 Å². The van der Waals surface area contributed by atoms with Crippen LogP contribution in [0.2, 0.25) is 0 Å². The van der Waals surface area contributed by atoms with Gasteiger partial charge >= 0.3 is 315 Å². The number of rotatable bonds is 30. The molecule has 7 atom stereocenters. The van der Waals surface area contributed by atoms with Gasteiger partial charge in [-0.05, 0) is 0 Å². The minimum atomic E-state index is -3.10. The van der Waals surface area contributed by atoms with Gasteiger partial charge < -0.3 is 0 Å². The maximum absolute atomic E-state index is 13.7. The minimum absolute atomic E-state index is 0.130. The van der Waals surface area contributed by atoms with E-state index in [-0.39, 0.29) is 40.5 Å². The van der Waals surface area contributed by atoms with Crippen LogP contribution in [-0.4, -0.2) is 67.3 Å². The molecule has 0 N–H and O–H groups in total. The van der Waals surface area contributed by atoms with Crippen LogP contribution in [0, 0.1) is 23.7 Å². The summed E-state index contributed by atoms with van der Waals surface area (Å²) >= 11 is 12.1. The zero-order valence-corrected chi connectivity index (χ0v) is 36.5. The van der Waals surface area contributed by atoms with Gasteiger partial charge in [0.05, 0.1) is 0 Å². The Morgan fingerprint density at radius 1 is 0.532 bits per heavy atom. The van der Waals surface area contributed by atoms with E-state index in [0.29, 0.717) is 44.0 Å². The molecule has 1 radical (unpaired) electrons. The van der Waals surface area contributed by atoms with Crippen molar-refractivity contribution in [2.24, 2.45) is 23.7 Å². The summed E-state index contributed by atoms with van der Waals surface area (Å²) in [7, 11) is 0. The quantitative estimate of drug-likeness (QED) is 0.0290. The van der Waals surface area contributed by atoms with Gasteiger partial charge in [-0.25, -0.2) is 0 Å². The molecule has 10 heteroatoms. The van der Waals surface area contributed by atoms with E-state index in [1.165, 1.54) is 0 Å². The molecule has 0 amide bonds. The first-order valence-corrected chi connectivity index (χ1v) is 25.4. The average Bonchev–Trinajstić information content (AvgIpc) is 3.05. The molecule has 0 fully saturated rings. The van der Waals surface area contributed by atoms with Crippen LogP contribution in [0.3, 0.4) is 0 Å². The van der Waals surface area contributed by atoms with E-state index >= 15 is 0 Å². The molecule has 0 aliphatic rings. The van der Waals surface area contributed by atoms with Crippen LogP contribution in [0.15, 0.2) is 0 Å². The van der Waals surface area contributed by atoms with Gasteiger partial charge in [-0.2, -0.15) is 0 Å². The molecule has 7 unspecified atom stereocenters. The number of carbonyl (C=O) groups is 3. The van der Waals surface area contributed by atoms with Crippen molar-refractivity contribution >= 4 is 75.6 Å². The van der Waals surface area contributed by atoms with Crippen molar-refractivity contribution in [3.8, 4) is 0 Å². The van der Waals surface area contributed by atoms with E-state index in [1.807, 2.05) is 0 Å². The topological polar surface area (TPSA) is 78.9 Å². The van der Waals surface area contributed by atoms with Gasteiger partial charge in [-0.3, -0.25) is 0 Å². The molecule has 0 saturated carbocycles. The Hall–Kier alpha value is 0.259. The molecule has 0 aromatic heterocycles. The Kier molecular flexibility index (Phi) is 30.1. The van der Waals surface area contributed by atoms with Crippen molar-refractivity contribution < 1.29 is 28.6 Å². The summed E-state index contributed by atoms with van der Waals surface area (Å²) in [5, 5.41) is 0. The van der Waals surface area contributed by atoms with E-state index < -0.39 is 25.7 Å². The number of hydrogen-bond acceptors (Lipinski definition) is 9. The molecule has 0 aromatic rings. The summed E-state index contributed by atoms with van der Waals surface area (Å²) in [6.07, 6.45) is 15.4. The Balaban J connectivity index is 5.96. The first kappa shape index (κ1) is 47.3. The van der Waals surface area contributed by atoms with Crippen LogP contribution >= 0.6 is 37.9 Å². The van der Waals surface area contributed by atoms with Gasteiger partial charge in [0.25, 0.3) is 0 Å². The fourth-order valence-electron chi connectivity index (χ4n) is 5.77. The zero-order chi connectivity index (χ0) is 35.6. The molecular weight excluding hydrogens is 755 g/mol. The van der Waals surface area contributed by atoms with Crippen molar-refractivity contribution in [3.05, 3.63) is 0 Å². The SMILES string of the molecule is CCCCC(CC)COC(=O)C[CH](S)[Sn]([CH](S)CC(=O)OCC(CC)CCCC)[CH](S)C(CCCC)C(=O)OCC(CC)CCCC. The number of thiol groups is 3. The Bertz CT molecular complexity index is 779. The third kappa shape index (κ3) is 21.3. The van der Waals surface area contributed by atoms with Crippen LogP contribution in [-0.2, 0) is 28.6 Å². The molecular formula is C37H71O6S3Sn.